The van der Waals surface area contributed by atoms with Gasteiger partial charge in [0.25, 0.3) is 0 Å². The maximum Gasteiger partial charge on any atom is 0.341 e. The number of rotatable bonds is 1. The zero-order chi connectivity index (χ0) is 9.53. The third-order valence-corrected chi connectivity index (χ3v) is 3.01. The molecular formula is C9H14O4. The highest BCUT2D eigenvalue weighted by molar-refractivity contribution is 5.84. The van der Waals surface area contributed by atoms with Crippen LogP contribution >= 0.6 is 0 Å². The number of epoxide rings is 1. The van der Waals surface area contributed by atoms with Gasteiger partial charge in [-0.1, -0.05) is 0 Å². The lowest BCUT2D eigenvalue weighted by atomic mass is 9.89. The fourth-order valence-corrected chi connectivity index (χ4v) is 2.01. The first-order valence-electron chi connectivity index (χ1n) is 4.51. The van der Waals surface area contributed by atoms with Crippen LogP contribution in [-0.4, -0.2) is 37.5 Å². The average molecular weight is 186 g/mol. The van der Waals surface area contributed by atoms with Gasteiger partial charge in [0.2, 0.25) is 0 Å². The minimum atomic E-state index is -0.762. The molecule has 0 radical (unpaired) electrons. The molecule has 2 saturated heterocycles. The highest BCUT2D eigenvalue weighted by atomic mass is 16.7. The highest BCUT2D eigenvalue weighted by Crippen LogP contribution is 2.53. The van der Waals surface area contributed by atoms with Crippen molar-refractivity contribution >= 4 is 5.97 Å². The summed E-state index contributed by atoms with van der Waals surface area (Å²) in [5, 5.41) is 0. The fourth-order valence-electron chi connectivity index (χ4n) is 2.01. The lowest BCUT2D eigenvalue weighted by Gasteiger charge is -2.20. The molecule has 2 atom stereocenters. The van der Waals surface area contributed by atoms with Gasteiger partial charge in [0.1, 0.15) is 5.60 Å². The summed E-state index contributed by atoms with van der Waals surface area (Å²) in [5.74, 6) is -0.294. The van der Waals surface area contributed by atoms with E-state index in [9.17, 15) is 4.79 Å². The molecule has 13 heavy (non-hydrogen) atoms. The van der Waals surface area contributed by atoms with Crippen molar-refractivity contribution in [1.82, 2.24) is 0 Å². The lowest BCUT2D eigenvalue weighted by Crippen LogP contribution is -2.38. The molecular weight excluding hydrogens is 172 g/mol. The first-order valence-corrected chi connectivity index (χ1v) is 4.51. The van der Waals surface area contributed by atoms with Crippen LogP contribution in [0.1, 0.15) is 19.8 Å². The first kappa shape index (κ1) is 8.97. The molecule has 0 aliphatic carbocycles. The lowest BCUT2D eigenvalue weighted by molar-refractivity contribution is -0.146. The summed E-state index contributed by atoms with van der Waals surface area (Å²) in [5.41, 5.74) is -1.15. The number of ether oxygens (including phenoxy) is 3. The van der Waals surface area contributed by atoms with Crippen LogP contribution in [0.15, 0.2) is 0 Å². The molecule has 74 valence electrons. The number of methoxy groups -OCH3 is 1. The van der Waals surface area contributed by atoms with Crippen molar-refractivity contribution in [3.63, 3.8) is 0 Å². The van der Waals surface area contributed by atoms with Crippen molar-refractivity contribution in [3.05, 3.63) is 0 Å². The molecule has 0 N–H and O–H groups in total. The van der Waals surface area contributed by atoms with E-state index >= 15 is 0 Å². The Morgan fingerprint density at radius 2 is 2.31 bits per heavy atom. The summed E-state index contributed by atoms with van der Waals surface area (Å²) in [6.45, 7) is 3.05. The Bertz CT molecular complexity index is 232. The fraction of sp³-hybridized carbons (Fsp3) is 0.889. The summed E-state index contributed by atoms with van der Waals surface area (Å²) in [7, 11) is 1.38. The minimum Gasteiger partial charge on any atom is -0.467 e. The zero-order valence-electron chi connectivity index (χ0n) is 7.96. The normalized spacial score (nSPS) is 43.2. The van der Waals surface area contributed by atoms with Gasteiger partial charge < -0.3 is 14.2 Å². The second-order valence-corrected chi connectivity index (χ2v) is 3.78. The Kier molecular flexibility index (Phi) is 1.85. The van der Waals surface area contributed by atoms with Crippen molar-refractivity contribution in [2.75, 3.05) is 20.3 Å². The maximum absolute atomic E-state index is 11.4. The van der Waals surface area contributed by atoms with Crippen molar-refractivity contribution in [2.45, 2.75) is 31.0 Å². The predicted octanol–water partition coefficient (Wildman–Crippen LogP) is 0.497. The van der Waals surface area contributed by atoms with Crippen LogP contribution < -0.4 is 0 Å². The van der Waals surface area contributed by atoms with Crippen LogP contribution in [0, 0.1) is 0 Å². The quantitative estimate of drug-likeness (QED) is 0.442. The van der Waals surface area contributed by atoms with Crippen LogP contribution in [0.2, 0.25) is 0 Å². The molecule has 4 nitrogen and oxygen atoms in total. The van der Waals surface area contributed by atoms with Crippen molar-refractivity contribution in [1.29, 1.82) is 0 Å². The third kappa shape index (κ3) is 1.09. The van der Waals surface area contributed by atoms with Gasteiger partial charge in [-0.3, -0.25) is 0 Å². The van der Waals surface area contributed by atoms with Gasteiger partial charge in [0.15, 0.2) is 5.60 Å². The topological polar surface area (TPSA) is 48.1 Å². The minimum absolute atomic E-state index is 0.294. The number of carbonyl (C=O) groups excluding carboxylic acids is 1. The average Bonchev–Trinajstić information content (AvgIpc) is 2.72. The van der Waals surface area contributed by atoms with E-state index in [1.54, 1.807) is 6.92 Å². The molecule has 2 aliphatic rings. The van der Waals surface area contributed by atoms with Crippen molar-refractivity contribution < 1.29 is 19.0 Å². The van der Waals surface area contributed by atoms with Gasteiger partial charge in [-0.2, -0.15) is 0 Å². The van der Waals surface area contributed by atoms with E-state index in [0.29, 0.717) is 6.61 Å². The second-order valence-electron chi connectivity index (χ2n) is 3.78. The van der Waals surface area contributed by atoms with E-state index in [0.717, 1.165) is 19.4 Å². The van der Waals surface area contributed by atoms with E-state index < -0.39 is 11.2 Å². The Morgan fingerprint density at radius 3 is 2.85 bits per heavy atom. The molecule has 0 bridgehead atoms. The first-order chi connectivity index (χ1) is 6.15. The van der Waals surface area contributed by atoms with Gasteiger partial charge >= 0.3 is 5.97 Å². The summed E-state index contributed by atoms with van der Waals surface area (Å²) in [6, 6.07) is 0. The van der Waals surface area contributed by atoms with Crippen LogP contribution in [0.3, 0.4) is 0 Å². The molecule has 2 rings (SSSR count). The molecule has 2 heterocycles. The Balaban J connectivity index is 2.09. The summed E-state index contributed by atoms with van der Waals surface area (Å²) in [6.07, 6.45) is 1.84. The van der Waals surface area contributed by atoms with Gasteiger partial charge in [-0.15, -0.1) is 0 Å². The molecule has 0 aromatic carbocycles. The number of hydrogen-bond acceptors (Lipinski definition) is 4. The number of hydrogen-bond donors (Lipinski definition) is 0. The van der Waals surface area contributed by atoms with Crippen LogP contribution in [-0.2, 0) is 19.0 Å². The Hall–Kier alpha value is -0.610. The van der Waals surface area contributed by atoms with E-state index in [2.05, 4.69) is 4.74 Å². The monoisotopic (exact) mass is 186 g/mol. The Morgan fingerprint density at radius 1 is 1.54 bits per heavy atom. The molecule has 2 unspecified atom stereocenters. The van der Waals surface area contributed by atoms with E-state index in [-0.39, 0.29) is 5.97 Å². The second kappa shape index (κ2) is 2.69. The van der Waals surface area contributed by atoms with E-state index in [1.807, 2.05) is 0 Å². The SMILES string of the molecule is COC(=O)C1(C)OC12CCCOC2. The summed E-state index contributed by atoms with van der Waals surface area (Å²) < 4.78 is 15.5. The molecule has 0 aromatic rings. The van der Waals surface area contributed by atoms with Crippen LogP contribution in [0.4, 0.5) is 0 Å². The van der Waals surface area contributed by atoms with Crippen LogP contribution in [0.5, 0.6) is 0 Å². The molecule has 2 fully saturated rings. The molecule has 4 heteroatoms. The maximum atomic E-state index is 11.4. The number of carbonyl (C=O) groups is 1. The van der Waals surface area contributed by atoms with Gasteiger partial charge in [0, 0.05) is 6.61 Å². The zero-order valence-corrected chi connectivity index (χ0v) is 7.96. The molecule has 1 spiro atoms. The van der Waals surface area contributed by atoms with Crippen molar-refractivity contribution in [3.8, 4) is 0 Å². The third-order valence-electron chi connectivity index (χ3n) is 3.01. The Labute approximate surface area is 77.1 Å². The smallest absolute Gasteiger partial charge is 0.341 e. The van der Waals surface area contributed by atoms with Gasteiger partial charge in [0.05, 0.1) is 13.7 Å². The molecule has 2 aliphatic heterocycles. The molecule has 0 saturated carbocycles. The van der Waals surface area contributed by atoms with E-state index in [4.69, 9.17) is 9.47 Å². The molecule has 0 amide bonds. The van der Waals surface area contributed by atoms with E-state index in [1.165, 1.54) is 7.11 Å². The van der Waals surface area contributed by atoms with Gasteiger partial charge in [-0.05, 0) is 19.8 Å². The van der Waals surface area contributed by atoms with Gasteiger partial charge in [-0.25, -0.2) is 4.79 Å². The van der Waals surface area contributed by atoms with Crippen molar-refractivity contribution in [2.24, 2.45) is 0 Å². The predicted molar refractivity (Wildman–Crippen MR) is 44.3 cm³/mol. The highest BCUT2D eigenvalue weighted by Gasteiger charge is 2.72. The summed E-state index contributed by atoms with van der Waals surface area (Å²) in [4.78, 5) is 11.4. The van der Waals surface area contributed by atoms with Crippen LogP contribution in [0.25, 0.3) is 0 Å². The summed E-state index contributed by atoms with van der Waals surface area (Å²) >= 11 is 0. The number of esters is 1. The standard InChI is InChI=1S/C9H14O4/c1-8(7(10)11-2)9(13-8)4-3-5-12-6-9/h3-6H2,1-2H3. The largest absolute Gasteiger partial charge is 0.467 e. The molecule has 0 aromatic heterocycles.